The van der Waals surface area contributed by atoms with Crippen LogP contribution in [0.4, 0.5) is 18.3 Å². The number of anilines is 1. The Bertz CT molecular complexity index is 767. The molecular formula is C17H15F3N2OS. The van der Waals surface area contributed by atoms with Crippen LogP contribution in [-0.4, -0.2) is 10.9 Å². The summed E-state index contributed by atoms with van der Waals surface area (Å²) in [6.07, 6.45) is 2.04. The molecule has 1 unspecified atom stereocenters. The second kappa shape index (κ2) is 6.76. The van der Waals surface area contributed by atoms with Gasteiger partial charge in [-0.25, -0.2) is 4.98 Å². The lowest BCUT2D eigenvalue weighted by Gasteiger charge is -2.15. The van der Waals surface area contributed by atoms with Gasteiger partial charge in [0.05, 0.1) is 11.3 Å². The molecule has 24 heavy (non-hydrogen) atoms. The molecule has 0 fully saturated rings. The van der Waals surface area contributed by atoms with Crippen molar-refractivity contribution in [2.24, 2.45) is 5.92 Å². The molecule has 0 radical (unpaired) electrons. The lowest BCUT2D eigenvalue weighted by Crippen LogP contribution is -2.23. The van der Waals surface area contributed by atoms with Crippen molar-refractivity contribution in [2.75, 3.05) is 5.32 Å². The van der Waals surface area contributed by atoms with E-state index in [4.69, 9.17) is 0 Å². The maximum atomic E-state index is 12.8. The predicted molar refractivity (Wildman–Crippen MR) is 87.7 cm³/mol. The number of rotatable bonds is 3. The molecule has 1 atom stereocenters. The first-order valence-corrected chi connectivity index (χ1v) is 8.40. The minimum absolute atomic E-state index is 0.0732. The van der Waals surface area contributed by atoms with Gasteiger partial charge >= 0.3 is 6.18 Å². The van der Waals surface area contributed by atoms with Gasteiger partial charge < -0.3 is 5.32 Å². The summed E-state index contributed by atoms with van der Waals surface area (Å²) < 4.78 is 38.4. The van der Waals surface area contributed by atoms with Crippen LogP contribution in [0, 0.1) is 5.92 Å². The quantitative estimate of drug-likeness (QED) is 0.779. The van der Waals surface area contributed by atoms with Crippen LogP contribution in [-0.2, 0) is 11.0 Å². The molecule has 0 saturated carbocycles. The third-order valence-corrected chi connectivity index (χ3v) is 4.62. The zero-order valence-electron chi connectivity index (χ0n) is 12.6. The Morgan fingerprint density at radius 1 is 1.29 bits per heavy atom. The molecule has 1 aromatic carbocycles. The molecule has 1 aliphatic rings. The molecular weight excluding hydrogens is 337 g/mol. The summed E-state index contributed by atoms with van der Waals surface area (Å²) in [4.78, 5) is 16.4. The Morgan fingerprint density at radius 3 is 2.83 bits per heavy atom. The second-order valence-electron chi connectivity index (χ2n) is 5.59. The van der Waals surface area contributed by atoms with Gasteiger partial charge in [-0.3, -0.25) is 4.79 Å². The third-order valence-electron chi connectivity index (χ3n) is 3.86. The number of thiazole rings is 1. The van der Waals surface area contributed by atoms with E-state index in [-0.39, 0.29) is 11.8 Å². The fraction of sp³-hybridized carbons (Fsp3) is 0.294. The molecule has 126 valence electrons. The number of amides is 1. The highest BCUT2D eigenvalue weighted by Gasteiger charge is 2.30. The number of nitrogens with zero attached hydrogens (tertiary/aromatic N) is 1. The second-order valence-corrected chi connectivity index (χ2v) is 6.45. The standard InChI is InChI=1S/C17H15F3N2OS/c18-17(19,20)13-8-4-7-12(9-13)14-10-24-16(21-14)22-15(23)11-5-2-1-3-6-11/h1-2,4,7-11H,3,5-6H2,(H,21,22,23). The van der Waals surface area contributed by atoms with Gasteiger partial charge in [0, 0.05) is 16.9 Å². The van der Waals surface area contributed by atoms with Crippen LogP contribution in [0.15, 0.2) is 41.8 Å². The molecule has 1 heterocycles. The van der Waals surface area contributed by atoms with Crippen molar-refractivity contribution in [1.82, 2.24) is 4.98 Å². The van der Waals surface area contributed by atoms with Crippen molar-refractivity contribution in [3.63, 3.8) is 0 Å². The van der Waals surface area contributed by atoms with Crippen molar-refractivity contribution >= 4 is 22.4 Å². The van der Waals surface area contributed by atoms with Crippen molar-refractivity contribution in [1.29, 1.82) is 0 Å². The molecule has 0 aliphatic heterocycles. The highest BCUT2D eigenvalue weighted by molar-refractivity contribution is 7.14. The van der Waals surface area contributed by atoms with E-state index in [0.717, 1.165) is 25.0 Å². The average molecular weight is 352 g/mol. The fourth-order valence-electron chi connectivity index (χ4n) is 2.56. The summed E-state index contributed by atoms with van der Waals surface area (Å²) in [6, 6.07) is 5.01. The maximum Gasteiger partial charge on any atom is 0.416 e. The number of allylic oxidation sites excluding steroid dienone is 2. The van der Waals surface area contributed by atoms with Crippen molar-refractivity contribution < 1.29 is 18.0 Å². The van der Waals surface area contributed by atoms with Crippen LogP contribution < -0.4 is 5.32 Å². The van der Waals surface area contributed by atoms with Gasteiger partial charge in [-0.1, -0.05) is 24.3 Å². The number of aromatic nitrogens is 1. The highest BCUT2D eigenvalue weighted by Crippen LogP contribution is 2.33. The Balaban J connectivity index is 1.74. The number of nitrogens with one attached hydrogen (secondary N) is 1. The minimum Gasteiger partial charge on any atom is -0.302 e. The molecule has 2 aromatic rings. The van der Waals surface area contributed by atoms with Gasteiger partial charge in [0.15, 0.2) is 5.13 Å². The first-order chi connectivity index (χ1) is 11.4. The Morgan fingerprint density at radius 2 is 2.12 bits per heavy atom. The lowest BCUT2D eigenvalue weighted by molar-refractivity contribution is -0.137. The summed E-state index contributed by atoms with van der Waals surface area (Å²) in [6.45, 7) is 0. The van der Waals surface area contributed by atoms with Gasteiger partial charge in [-0.15, -0.1) is 11.3 Å². The van der Waals surface area contributed by atoms with Crippen LogP contribution in [0.5, 0.6) is 0 Å². The predicted octanol–water partition coefficient (Wildman–Crippen LogP) is 5.12. The first kappa shape index (κ1) is 16.7. The van der Waals surface area contributed by atoms with Crippen LogP contribution in [0.2, 0.25) is 0 Å². The molecule has 1 amide bonds. The van der Waals surface area contributed by atoms with E-state index >= 15 is 0 Å². The summed E-state index contributed by atoms with van der Waals surface area (Å²) in [7, 11) is 0. The third kappa shape index (κ3) is 3.84. The summed E-state index contributed by atoms with van der Waals surface area (Å²) in [5.41, 5.74) is 0.0830. The molecule has 3 rings (SSSR count). The molecule has 1 aliphatic carbocycles. The van der Waals surface area contributed by atoms with Crippen molar-refractivity contribution in [3.8, 4) is 11.3 Å². The maximum absolute atomic E-state index is 12.8. The van der Waals surface area contributed by atoms with Crippen LogP contribution in [0.1, 0.15) is 24.8 Å². The van der Waals surface area contributed by atoms with E-state index in [1.807, 2.05) is 6.08 Å². The number of alkyl halides is 3. The fourth-order valence-corrected chi connectivity index (χ4v) is 3.28. The van der Waals surface area contributed by atoms with E-state index in [9.17, 15) is 18.0 Å². The normalized spacial score (nSPS) is 17.7. The number of hydrogen-bond acceptors (Lipinski definition) is 3. The molecule has 1 aromatic heterocycles. The molecule has 3 nitrogen and oxygen atoms in total. The number of carbonyl (C=O) groups is 1. The van der Waals surface area contributed by atoms with Gasteiger partial charge in [0.25, 0.3) is 0 Å². The minimum atomic E-state index is -4.39. The smallest absolute Gasteiger partial charge is 0.302 e. The number of halogens is 3. The topological polar surface area (TPSA) is 42.0 Å². The molecule has 7 heteroatoms. The van der Waals surface area contributed by atoms with Crippen molar-refractivity contribution in [2.45, 2.75) is 25.4 Å². The molecule has 0 bridgehead atoms. The van der Waals surface area contributed by atoms with Crippen molar-refractivity contribution in [3.05, 3.63) is 47.4 Å². The van der Waals surface area contributed by atoms with Gasteiger partial charge in [-0.2, -0.15) is 13.2 Å². The van der Waals surface area contributed by atoms with E-state index in [1.165, 1.54) is 17.4 Å². The monoisotopic (exact) mass is 352 g/mol. The SMILES string of the molecule is O=C(Nc1nc(-c2cccc(C(F)(F)F)c2)cs1)C1CC=CCC1. The van der Waals surface area contributed by atoms with E-state index in [2.05, 4.69) is 16.4 Å². The number of benzene rings is 1. The Labute approximate surface area is 141 Å². The first-order valence-electron chi connectivity index (χ1n) is 7.52. The van der Waals surface area contributed by atoms with Crippen LogP contribution in [0.3, 0.4) is 0 Å². The summed E-state index contributed by atoms with van der Waals surface area (Å²) >= 11 is 1.21. The summed E-state index contributed by atoms with van der Waals surface area (Å²) in [5.74, 6) is -0.166. The van der Waals surface area contributed by atoms with Gasteiger partial charge in [0.1, 0.15) is 0 Å². The lowest BCUT2D eigenvalue weighted by atomic mass is 9.94. The van der Waals surface area contributed by atoms with Gasteiger partial charge in [-0.05, 0) is 31.4 Å². The van der Waals surface area contributed by atoms with E-state index in [0.29, 0.717) is 22.8 Å². The van der Waals surface area contributed by atoms with Gasteiger partial charge in [0.2, 0.25) is 5.91 Å². The average Bonchev–Trinajstić information content (AvgIpc) is 3.03. The highest BCUT2D eigenvalue weighted by atomic mass is 32.1. The Kier molecular flexibility index (Phi) is 4.71. The Hall–Kier alpha value is -2.15. The zero-order chi connectivity index (χ0) is 17.2. The summed E-state index contributed by atoms with van der Waals surface area (Å²) in [5, 5.41) is 4.81. The largest absolute Gasteiger partial charge is 0.416 e. The van der Waals surface area contributed by atoms with E-state index in [1.54, 1.807) is 11.4 Å². The molecule has 0 spiro atoms. The molecule has 0 saturated heterocycles. The van der Waals surface area contributed by atoms with Crippen LogP contribution in [0.25, 0.3) is 11.3 Å². The number of carbonyl (C=O) groups excluding carboxylic acids is 1. The molecule has 1 N–H and O–H groups in total. The zero-order valence-corrected chi connectivity index (χ0v) is 13.5. The number of hydrogen-bond donors (Lipinski definition) is 1. The van der Waals surface area contributed by atoms with Crippen LogP contribution >= 0.6 is 11.3 Å². The van der Waals surface area contributed by atoms with E-state index < -0.39 is 11.7 Å².